The molecule has 0 saturated carbocycles. The second-order valence-corrected chi connectivity index (χ2v) is 6.19. The summed E-state index contributed by atoms with van der Waals surface area (Å²) >= 11 is 3.46. The van der Waals surface area contributed by atoms with Crippen molar-refractivity contribution < 1.29 is 0 Å². The van der Waals surface area contributed by atoms with Gasteiger partial charge in [0, 0.05) is 0 Å². The monoisotopic (exact) mass is 271 g/mol. The maximum atomic E-state index is 4.65. The van der Waals surface area contributed by atoms with Crippen LogP contribution in [0.2, 0.25) is 0 Å². The summed E-state index contributed by atoms with van der Waals surface area (Å²) in [7, 11) is 0. The molecule has 1 nitrogen and oxygen atoms in total. The highest BCUT2D eigenvalue weighted by molar-refractivity contribution is 7.19. The molecule has 0 saturated heterocycles. The summed E-state index contributed by atoms with van der Waals surface area (Å²) < 4.78 is 1.27. The van der Waals surface area contributed by atoms with E-state index in [1.54, 1.807) is 22.7 Å². The van der Waals surface area contributed by atoms with Crippen LogP contribution in [-0.4, -0.2) is 4.98 Å². The third-order valence-corrected chi connectivity index (χ3v) is 4.67. The van der Waals surface area contributed by atoms with E-state index in [2.05, 4.69) is 59.9 Å². The second kappa shape index (κ2) is 4.67. The maximum Gasteiger partial charge on any atom is 0.117 e. The fourth-order valence-electron chi connectivity index (χ4n) is 1.81. The van der Waals surface area contributed by atoms with Crippen molar-refractivity contribution in [1.82, 2.24) is 4.98 Å². The number of aryl methyl sites for hydroxylation is 2. The molecule has 90 valence electrons. The van der Waals surface area contributed by atoms with Crippen molar-refractivity contribution in [2.45, 2.75) is 13.8 Å². The van der Waals surface area contributed by atoms with E-state index in [0.29, 0.717) is 0 Å². The van der Waals surface area contributed by atoms with Gasteiger partial charge in [0.1, 0.15) is 5.01 Å². The van der Waals surface area contributed by atoms with Gasteiger partial charge in [0.25, 0.3) is 0 Å². The third-order valence-electron chi connectivity index (χ3n) is 2.98. The predicted molar refractivity (Wildman–Crippen MR) is 82.3 cm³/mol. The summed E-state index contributed by atoms with van der Waals surface area (Å²) in [4.78, 5) is 4.65. The van der Waals surface area contributed by atoms with Gasteiger partial charge in [-0.25, -0.2) is 4.98 Å². The lowest BCUT2D eigenvalue weighted by Crippen LogP contribution is -1.79. The van der Waals surface area contributed by atoms with Crippen molar-refractivity contribution in [3.8, 4) is 0 Å². The van der Waals surface area contributed by atoms with Gasteiger partial charge in [-0.05, 0) is 65.6 Å². The Morgan fingerprint density at radius 3 is 2.72 bits per heavy atom. The second-order valence-electron chi connectivity index (χ2n) is 4.35. The van der Waals surface area contributed by atoms with Gasteiger partial charge in [-0.3, -0.25) is 0 Å². The number of aromatic nitrogens is 1. The van der Waals surface area contributed by atoms with E-state index < -0.39 is 0 Å². The first-order valence-electron chi connectivity index (χ1n) is 5.80. The smallest absolute Gasteiger partial charge is 0.117 e. The van der Waals surface area contributed by atoms with Gasteiger partial charge in [-0.2, -0.15) is 11.3 Å². The number of thiazole rings is 1. The summed E-state index contributed by atoms with van der Waals surface area (Å²) in [5, 5.41) is 5.30. The molecule has 0 fully saturated rings. The van der Waals surface area contributed by atoms with Crippen LogP contribution in [0.25, 0.3) is 22.4 Å². The summed E-state index contributed by atoms with van der Waals surface area (Å²) in [6.45, 7) is 4.28. The molecule has 0 aliphatic heterocycles. The van der Waals surface area contributed by atoms with Gasteiger partial charge < -0.3 is 0 Å². The molecule has 3 rings (SSSR count). The fraction of sp³-hybridized carbons (Fsp3) is 0.133. The lowest BCUT2D eigenvalue weighted by atomic mass is 10.1. The van der Waals surface area contributed by atoms with Crippen molar-refractivity contribution in [3.63, 3.8) is 0 Å². The average molecular weight is 271 g/mol. The fourth-order valence-corrected chi connectivity index (χ4v) is 3.39. The average Bonchev–Trinajstić information content (AvgIpc) is 2.96. The van der Waals surface area contributed by atoms with Crippen molar-refractivity contribution in [2.24, 2.45) is 0 Å². The first kappa shape index (κ1) is 11.6. The molecule has 0 aliphatic carbocycles. The molecule has 0 spiro atoms. The summed E-state index contributed by atoms with van der Waals surface area (Å²) in [6.07, 6.45) is 4.21. The lowest BCUT2D eigenvalue weighted by Gasteiger charge is -1.96. The van der Waals surface area contributed by atoms with Crippen LogP contribution >= 0.6 is 22.7 Å². The Morgan fingerprint density at radius 1 is 1.11 bits per heavy atom. The quantitative estimate of drug-likeness (QED) is 0.628. The predicted octanol–water partition coefficient (Wildman–Crippen LogP) is 5.15. The Hall–Kier alpha value is -1.45. The number of rotatable bonds is 2. The van der Waals surface area contributed by atoms with E-state index in [0.717, 1.165) is 10.5 Å². The molecule has 1 aromatic carbocycles. The molecule has 3 heteroatoms. The minimum atomic E-state index is 1.07. The summed E-state index contributed by atoms with van der Waals surface area (Å²) in [5.74, 6) is 0. The molecule has 0 amide bonds. The molecular formula is C15H13NS2. The van der Waals surface area contributed by atoms with Crippen molar-refractivity contribution in [2.75, 3.05) is 0 Å². The number of fused-ring (bicyclic) bond motifs is 1. The zero-order valence-electron chi connectivity index (χ0n) is 10.3. The minimum Gasteiger partial charge on any atom is -0.237 e. The standard InChI is InChI=1S/C15H13NS2/c1-10-7-13-14(8-11(10)2)18-15(16-13)4-3-12-5-6-17-9-12/h3-9H,1-2H3. The molecule has 2 heterocycles. The van der Waals surface area contributed by atoms with E-state index in [1.807, 2.05) is 0 Å². The summed E-state index contributed by atoms with van der Waals surface area (Å²) in [6, 6.07) is 6.51. The first-order chi connectivity index (χ1) is 8.72. The SMILES string of the molecule is Cc1cc2nc(C=Cc3ccsc3)sc2cc1C. The molecular weight excluding hydrogens is 258 g/mol. The molecule has 18 heavy (non-hydrogen) atoms. The molecule has 3 aromatic rings. The van der Waals surface area contributed by atoms with Gasteiger partial charge in [0.15, 0.2) is 0 Å². The van der Waals surface area contributed by atoms with E-state index in [4.69, 9.17) is 0 Å². The van der Waals surface area contributed by atoms with Gasteiger partial charge >= 0.3 is 0 Å². The zero-order valence-corrected chi connectivity index (χ0v) is 11.9. The number of thiophene rings is 1. The van der Waals surface area contributed by atoms with E-state index in [1.165, 1.54) is 21.4 Å². The molecule has 0 atom stereocenters. The van der Waals surface area contributed by atoms with Crippen LogP contribution in [0.1, 0.15) is 21.7 Å². The highest BCUT2D eigenvalue weighted by Gasteiger charge is 2.03. The Labute approximate surface area is 114 Å². The number of benzene rings is 1. The van der Waals surface area contributed by atoms with Crippen molar-refractivity contribution in [3.05, 3.63) is 50.7 Å². The molecule has 0 bridgehead atoms. The Balaban J connectivity index is 1.98. The molecule has 0 N–H and O–H groups in total. The van der Waals surface area contributed by atoms with E-state index in [-0.39, 0.29) is 0 Å². The van der Waals surface area contributed by atoms with Crippen LogP contribution in [-0.2, 0) is 0 Å². The topological polar surface area (TPSA) is 12.9 Å². The Bertz CT molecular complexity index is 667. The van der Waals surface area contributed by atoms with Gasteiger partial charge in [-0.15, -0.1) is 11.3 Å². The normalized spacial score (nSPS) is 11.7. The molecule has 2 aromatic heterocycles. The molecule has 0 unspecified atom stereocenters. The highest BCUT2D eigenvalue weighted by Crippen LogP contribution is 2.26. The third kappa shape index (κ3) is 2.24. The van der Waals surface area contributed by atoms with E-state index >= 15 is 0 Å². The largest absolute Gasteiger partial charge is 0.237 e. The van der Waals surface area contributed by atoms with Gasteiger partial charge in [-0.1, -0.05) is 6.08 Å². The maximum absolute atomic E-state index is 4.65. The minimum absolute atomic E-state index is 1.07. The number of nitrogens with zero attached hydrogens (tertiary/aromatic N) is 1. The first-order valence-corrected chi connectivity index (χ1v) is 7.56. The van der Waals surface area contributed by atoms with E-state index in [9.17, 15) is 0 Å². The highest BCUT2D eigenvalue weighted by atomic mass is 32.1. The van der Waals surface area contributed by atoms with Crippen LogP contribution < -0.4 is 0 Å². The van der Waals surface area contributed by atoms with Crippen LogP contribution in [0.5, 0.6) is 0 Å². The Morgan fingerprint density at radius 2 is 1.94 bits per heavy atom. The zero-order chi connectivity index (χ0) is 12.5. The number of hydrogen-bond acceptors (Lipinski definition) is 3. The lowest BCUT2D eigenvalue weighted by molar-refractivity contribution is 1.35. The van der Waals surface area contributed by atoms with Crippen LogP contribution in [0, 0.1) is 13.8 Å². The molecule has 0 radical (unpaired) electrons. The molecule has 0 aliphatic rings. The van der Waals surface area contributed by atoms with Crippen LogP contribution in [0.4, 0.5) is 0 Å². The van der Waals surface area contributed by atoms with Crippen molar-refractivity contribution >= 4 is 45.0 Å². The van der Waals surface area contributed by atoms with Crippen LogP contribution in [0.15, 0.2) is 29.0 Å². The number of hydrogen-bond donors (Lipinski definition) is 0. The van der Waals surface area contributed by atoms with Crippen molar-refractivity contribution in [1.29, 1.82) is 0 Å². The Kier molecular flexibility index (Phi) is 3.02. The van der Waals surface area contributed by atoms with Gasteiger partial charge in [0.05, 0.1) is 10.2 Å². The summed E-state index contributed by atoms with van der Waals surface area (Å²) in [5.41, 5.74) is 4.99. The van der Waals surface area contributed by atoms with Gasteiger partial charge in [0.2, 0.25) is 0 Å². The van der Waals surface area contributed by atoms with Crippen LogP contribution in [0.3, 0.4) is 0 Å².